The van der Waals surface area contributed by atoms with Crippen molar-refractivity contribution in [1.29, 1.82) is 0 Å². The Hall–Kier alpha value is 0.390. The second-order valence-corrected chi connectivity index (χ2v) is 5.41. The van der Waals surface area contributed by atoms with Gasteiger partial charge in [0.05, 0.1) is 0 Å². The van der Waals surface area contributed by atoms with Crippen LogP contribution in [0.3, 0.4) is 0 Å². The maximum atomic E-state index is 10.4. The Morgan fingerprint density at radius 3 is 2.12 bits per heavy atom. The molecule has 0 rings (SSSR count). The van der Waals surface area contributed by atoms with Crippen LogP contribution < -0.4 is 5.73 Å². The number of hydrogen-bond donors (Lipinski definition) is 1. The van der Waals surface area contributed by atoms with Crippen LogP contribution in [0.5, 0.6) is 0 Å². The summed E-state index contributed by atoms with van der Waals surface area (Å²) < 4.78 is 20.3. The fraction of sp³-hybridized carbons (Fsp3) is 1.00. The zero-order valence-electron chi connectivity index (χ0n) is 4.46. The van der Waals surface area contributed by atoms with Crippen molar-refractivity contribution >= 4 is 25.8 Å². The molecule has 8 heavy (non-hydrogen) atoms. The van der Waals surface area contributed by atoms with Gasteiger partial charge in [-0.3, -0.25) is 0 Å². The third-order valence-electron chi connectivity index (χ3n) is 0.650. The minimum absolute atomic E-state index is 0.124. The van der Waals surface area contributed by atoms with Gasteiger partial charge in [0.15, 0.2) is 9.84 Å². The highest BCUT2D eigenvalue weighted by Crippen LogP contribution is 2.03. The Kier molecular flexibility index (Phi) is 2.93. The van der Waals surface area contributed by atoms with Crippen LogP contribution in [-0.4, -0.2) is 25.4 Å². The van der Waals surface area contributed by atoms with E-state index in [1.165, 1.54) is 0 Å². The topological polar surface area (TPSA) is 60.2 Å². The summed E-state index contributed by atoms with van der Waals surface area (Å²) in [5, 5.41) is 0. The molecule has 0 bridgehead atoms. The molecule has 0 saturated carbocycles. The largest absolute Gasteiger partial charge is 0.328 e. The molecule has 1 unspecified atom stereocenters. The third kappa shape index (κ3) is 2.64. The summed E-state index contributed by atoms with van der Waals surface area (Å²) in [4.78, 5) is 0. The quantitative estimate of drug-likeness (QED) is 0.626. The number of nitrogens with two attached hydrogens (primary N) is 1. The number of rotatable bonds is 2. The summed E-state index contributed by atoms with van der Waals surface area (Å²) in [6, 6.07) is 0. The molecule has 2 N–H and O–H groups in total. The van der Waals surface area contributed by atoms with E-state index < -0.39 is 14.0 Å². The average molecular weight is 202 g/mol. The van der Waals surface area contributed by atoms with Crippen molar-refractivity contribution in [3.63, 3.8) is 0 Å². The molecule has 0 amide bonds. The number of hydrogen-bond acceptors (Lipinski definition) is 3. The van der Waals surface area contributed by atoms with Gasteiger partial charge in [-0.2, -0.15) is 0 Å². The van der Waals surface area contributed by atoms with Crippen LogP contribution >= 0.6 is 15.9 Å². The number of sulfone groups is 1. The number of alkyl halides is 1. The SMILES string of the molecule is CS(=O)(=O)C(Br)CN. The molecule has 0 fully saturated rings. The Morgan fingerprint density at radius 1 is 1.75 bits per heavy atom. The minimum atomic E-state index is -2.96. The molecule has 0 aromatic heterocycles. The van der Waals surface area contributed by atoms with E-state index in [0.29, 0.717) is 0 Å². The molecule has 0 saturated heterocycles. The Bertz CT molecular complexity index is 153. The number of halogens is 1. The van der Waals surface area contributed by atoms with Crippen LogP contribution in [-0.2, 0) is 9.84 Å². The summed E-state index contributed by atoms with van der Waals surface area (Å²) in [5.74, 6) is 0. The van der Waals surface area contributed by atoms with Gasteiger partial charge in [-0.1, -0.05) is 15.9 Å². The van der Waals surface area contributed by atoms with E-state index in [1.54, 1.807) is 0 Å². The molecule has 0 aliphatic carbocycles. The second kappa shape index (κ2) is 2.80. The van der Waals surface area contributed by atoms with E-state index in [1.807, 2.05) is 0 Å². The molecule has 50 valence electrons. The summed E-state index contributed by atoms with van der Waals surface area (Å²) in [5.41, 5.74) is 5.03. The highest BCUT2D eigenvalue weighted by atomic mass is 79.9. The molecule has 5 heteroatoms. The maximum absolute atomic E-state index is 10.4. The zero-order chi connectivity index (χ0) is 6.78. The van der Waals surface area contributed by atoms with E-state index >= 15 is 0 Å². The van der Waals surface area contributed by atoms with Crippen molar-refractivity contribution in [3.05, 3.63) is 0 Å². The molecule has 1 atom stereocenters. The smallest absolute Gasteiger partial charge is 0.161 e. The van der Waals surface area contributed by atoms with Gasteiger partial charge in [0.2, 0.25) is 0 Å². The zero-order valence-corrected chi connectivity index (χ0v) is 6.87. The standard InChI is InChI=1S/C3H8BrNO2S/c1-8(6,7)3(4)2-5/h3H,2,5H2,1H3. The van der Waals surface area contributed by atoms with Gasteiger partial charge in [0, 0.05) is 12.8 Å². The van der Waals surface area contributed by atoms with Gasteiger partial charge < -0.3 is 5.73 Å². The average Bonchev–Trinajstić information content (AvgIpc) is 1.62. The highest BCUT2D eigenvalue weighted by Gasteiger charge is 2.13. The monoisotopic (exact) mass is 201 g/mol. The van der Waals surface area contributed by atoms with Crippen LogP contribution in [0.15, 0.2) is 0 Å². The minimum Gasteiger partial charge on any atom is -0.328 e. The Labute approximate surface area is 57.3 Å². The normalized spacial score (nSPS) is 15.9. The lowest BCUT2D eigenvalue weighted by Crippen LogP contribution is -2.22. The fourth-order valence-electron chi connectivity index (χ4n) is 0.175. The third-order valence-corrected chi connectivity index (χ3v) is 4.18. The Balaban J connectivity index is 4.04. The van der Waals surface area contributed by atoms with Crippen LogP contribution in [0.4, 0.5) is 0 Å². The van der Waals surface area contributed by atoms with Crippen molar-refractivity contribution in [3.8, 4) is 0 Å². The molecule has 0 heterocycles. The summed E-state index contributed by atoms with van der Waals surface area (Å²) >= 11 is 2.88. The molecule has 0 aliphatic heterocycles. The molecule has 3 nitrogen and oxygen atoms in total. The van der Waals surface area contributed by atoms with E-state index in [0.717, 1.165) is 6.26 Å². The van der Waals surface area contributed by atoms with Gasteiger partial charge in [-0.25, -0.2) is 8.42 Å². The van der Waals surface area contributed by atoms with E-state index in [2.05, 4.69) is 15.9 Å². The predicted molar refractivity (Wildman–Crippen MR) is 36.6 cm³/mol. The molecular weight excluding hydrogens is 194 g/mol. The van der Waals surface area contributed by atoms with Gasteiger partial charge in [0.25, 0.3) is 0 Å². The van der Waals surface area contributed by atoms with Crippen LogP contribution in [0, 0.1) is 0 Å². The predicted octanol–water partition coefficient (Wildman–Crippen LogP) is -0.289. The maximum Gasteiger partial charge on any atom is 0.161 e. The van der Waals surface area contributed by atoms with Crippen molar-refractivity contribution in [2.24, 2.45) is 5.73 Å². The second-order valence-electron chi connectivity index (χ2n) is 1.48. The van der Waals surface area contributed by atoms with E-state index in [9.17, 15) is 8.42 Å². The summed E-state index contributed by atoms with van der Waals surface area (Å²) in [6.07, 6.45) is 1.14. The van der Waals surface area contributed by atoms with Crippen LogP contribution in [0.25, 0.3) is 0 Å². The first-order chi connectivity index (χ1) is 3.48. The summed E-state index contributed by atoms with van der Waals surface area (Å²) in [6.45, 7) is 0.124. The lowest BCUT2D eigenvalue weighted by atomic mass is 10.8. The van der Waals surface area contributed by atoms with Gasteiger partial charge in [-0.15, -0.1) is 0 Å². The molecule has 0 aromatic rings. The molecular formula is C3H8BrNO2S. The molecule has 0 radical (unpaired) electrons. The van der Waals surface area contributed by atoms with Crippen molar-refractivity contribution < 1.29 is 8.42 Å². The van der Waals surface area contributed by atoms with Gasteiger partial charge in [0.1, 0.15) is 4.16 Å². The lowest BCUT2D eigenvalue weighted by Gasteiger charge is -2.00. The summed E-state index contributed by atoms with van der Waals surface area (Å²) in [7, 11) is -2.96. The Morgan fingerprint density at radius 2 is 2.12 bits per heavy atom. The van der Waals surface area contributed by atoms with E-state index in [-0.39, 0.29) is 6.54 Å². The first-order valence-corrected chi connectivity index (χ1v) is 4.88. The highest BCUT2D eigenvalue weighted by molar-refractivity contribution is 9.11. The van der Waals surface area contributed by atoms with Gasteiger partial charge >= 0.3 is 0 Å². The van der Waals surface area contributed by atoms with Crippen molar-refractivity contribution in [1.82, 2.24) is 0 Å². The first-order valence-electron chi connectivity index (χ1n) is 2.01. The molecule has 0 aromatic carbocycles. The van der Waals surface area contributed by atoms with Crippen LogP contribution in [0.2, 0.25) is 0 Å². The van der Waals surface area contributed by atoms with Crippen molar-refractivity contribution in [2.75, 3.05) is 12.8 Å². The van der Waals surface area contributed by atoms with E-state index in [4.69, 9.17) is 5.73 Å². The molecule has 0 aliphatic rings. The first kappa shape index (κ1) is 8.39. The fourth-order valence-corrected chi connectivity index (χ4v) is 0.524. The molecule has 0 spiro atoms. The van der Waals surface area contributed by atoms with Crippen molar-refractivity contribution in [2.45, 2.75) is 4.16 Å². The van der Waals surface area contributed by atoms with Gasteiger partial charge in [-0.05, 0) is 0 Å². The lowest BCUT2D eigenvalue weighted by molar-refractivity contribution is 0.599. The van der Waals surface area contributed by atoms with Crippen LogP contribution in [0.1, 0.15) is 0 Å².